The van der Waals surface area contributed by atoms with Crippen molar-refractivity contribution in [2.75, 3.05) is 39.8 Å². The highest BCUT2D eigenvalue weighted by atomic mass is 16.2. The number of hydrogen-bond acceptors (Lipinski definition) is 4. The number of carbonyl (C=O) groups excluding carboxylic acids is 2. The maximum absolute atomic E-state index is 12.9. The summed E-state index contributed by atoms with van der Waals surface area (Å²) in [5, 5.41) is 4.30. The lowest BCUT2D eigenvalue weighted by molar-refractivity contribution is -0.141. The SMILES string of the molecule is Cc1nn(C)cc1C(=O)N1CCC2(CCC(=O)N(C3CCN(C)C3)C2)CC1. The van der Waals surface area contributed by atoms with E-state index < -0.39 is 0 Å². The molecule has 7 nitrogen and oxygen atoms in total. The third kappa shape index (κ3) is 3.49. The van der Waals surface area contributed by atoms with Crippen molar-refractivity contribution in [1.29, 1.82) is 0 Å². The van der Waals surface area contributed by atoms with Crippen molar-refractivity contribution in [2.45, 2.75) is 45.1 Å². The van der Waals surface area contributed by atoms with Crippen molar-refractivity contribution < 1.29 is 9.59 Å². The van der Waals surface area contributed by atoms with Gasteiger partial charge in [0.05, 0.1) is 11.3 Å². The summed E-state index contributed by atoms with van der Waals surface area (Å²) < 4.78 is 1.71. The average Bonchev–Trinajstić information content (AvgIpc) is 3.22. The van der Waals surface area contributed by atoms with E-state index in [9.17, 15) is 9.59 Å². The minimum atomic E-state index is 0.0941. The van der Waals surface area contributed by atoms with Crippen LogP contribution in [0, 0.1) is 12.3 Å². The fraction of sp³-hybridized carbons (Fsp3) is 0.750. The number of amides is 2. The van der Waals surface area contributed by atoms with E-state index in [-0.39, 0.29) is 11.3 Å². The van der Waals surface area contributed by atoms with Crippen LogP contribution in [0.3, 0.4) is 0 Å². The Hall–Kier alpha value is -1.89. The fourth-order valence-corrected chi connectivity index (χ4v) is 5.12. The van der Waals surface area contributed by atoms with Crippen LogP contribution in [0.4, 0.5) is 0 Å². The van der Waals surface area contributed by atoms with E-state index in [0.29, 0.717) is 23.9 Å². The molecule has 148 valence electrons. The molecule has 0 aliphatic carbocycles. The first-order valence-electron chi connectivity index (χ1n) is 10.1. The van der Waals surface area contributed by atoms with Crippen LogP contribution < -0.4 is 0 Å². The van der Waals surface area contributed by atoms with Crippen molar-refractivity contribution in [3.05, 3.63) is 17.5 Å². The molecule has 0 N–H and O–H groups in total. The third-order valence-electron chi connectivity index (χ3n) is 6.86. The van der Waals surface area contributed by atoms with E-state index in [2.05, 4.69) is 21.9 Å². The highest BCUT2D eigenvalue weighted by Crippen LogP contribution is 2.41. The summed E-state index contributed by atoms with van der Waals surface area (Å²) in [5.41, 5.74) is 1.70. The van der Waals surface area contributed by atoms with E-state index in [1.54, 1.807) is 4.68 Å². The van der Waals surface area contributed by atoms with E-state index in [0.717, 1.165) is 64.1 Å². The number of hydrogen-bond donors (Lipinski definition) is 0. The smallest absolute Gasteiger partial charge is 0.257 e. The average molecular weight is 374 g/mol. The fourth-order valence-electron chi connectivity index (χ4n) is 5.12. The minimum absolute atomic E-state index is 0.0941. The number of aromatic nitrogens is 2. The van der Waals surface area contributed by atoms with Crippen LogP contribution in [-0.4, -0.2) is 82.1 Å². The van der Waals surface area contributed by atoms with Gasteiger partial charge in [-0.15, -0.1) is 0 Å². The highest BCUT2D eigenvalue weighted by Gasteiger charge is 2.44. The molecule has 4 heterocycles. The molecule has 1 aromatic rings. The Morgan fingerprint density at radius 2 is 1.93 bits per heavy atom. The van der Waals surface area contributed by atoms with E-state index >= 15 is 0 Å². The first kappa shape index (κ1) is 18.5. The molecule has 7 heteroatoms. The predicted molar refractivity (Wildman–Crippen MR) is 102 cm³/mol. The number of nitrogens with zero attached hydrogens (tertiary/aromatic N) is 5. The predicted octanol–water partition coefficient (Wildman–Crippen LogP) is 1.28. The van der Waals surface area contributed by atoms with Gasteiger partial charge in [-0.3, -0.25) is 14.3 Å². The molecule has 0 bridgehead atoms. The van der Waals surface area contributed by atoms with Crippen LogP contribution in [0.15, 0.2) is 6.20 Å². The minimum Gasteiger partial charge on any atom is -0.338 e. The van der Waals surface area contributed by atoms with Crippen molar-refractivity contribution in [2.24, 2.45) is 12.5 Å². The standard InChI is InChI=1S/C20H31N5O2/c1-15-17(13-23(3)21-15)19(27)24-10-7-20(8-11-24)6-4-18(26)25(14-20)16-5-9-22(2)12-16/h13,16H,4-12,14H2,1-3H3. The van der Waals surface area contributed by atoms with Gasteiger partial charge in [0.15, 0.2) is 0 Å². The van der Waals surface area contributed by atoms with Gasteiger partial charge in [0, 0.05) is 51.9 Å². The van der Waals surface area contributed by atoms with E-state index in [1.807, 2.05) is 25.1 Å². The summed E-state index contributed by atoms with van der Waals surface area (Å²) in [7, 11) is 3.98. The molecule has 27 heavy (non-hydrogen) atoms. The Labute approximate surface area is 161 Å². The molecule has 3 aliphatic heterocycles. The van der Waals surface area contributed by atoms with Gasteiger partial charge < -0.3 is 14.7 Å². The second-order valence-electron chi connectivity index (χ2n) is 8.82. The lowest BCUT2D eigenvalue weighted by Crippen LogP contribution is -2.55. The number of likely N-dealkylation sites (N-methyl/N-ethyl adjacent to an activating group) is 1. The Kier molecular flexibility index (Phi) is 4.74. The van der Waals surface area contributed by atoms with Crippen molar-refractivity contribution >= 4 is 11.8 Å². The lowest BCUT2D eigenvalue weighted by Gasteiger charge is -2.49. The number of rotatable bonds is 2. The van der Waals surface area contributed by atoms with Crippen molar-refractivity contribution in [3.63, 3.8) is 0 Å². The van der Waals surface area contributed by atoms with Crippen molar-refractivity contribution in [3.8, 4) is 0 Å². The van der Waals surface area contributed by atoms with Gasteiger partial charge in [-0.1, -0.05) is 0 Å². The quantitative estimate of drug-likeness (QED) is 0.783. The molecule has 0 radical (unpaired) electrons. The zero-order valence-corrected chi connectivity index (χ0v) is 16.8. The topological polar surface area (TPSA) is 61.7 Å². The molecule has 4 rings (SSSR count). The summed E-state index contributed by atoms with van der Waals surface area (Å²) in [6.45, 7) is 6.39. The first-order valence-corrected chi connectivity index (χ1v) is 10.1. The molecule has 1 spiro atoms. The van der Waals surface area contributed by atoms with Gasteiger partial charge in [0.25, 0.3) is 5.91 Å². The summed E-state index contributed by atoms with van der Waals surface area (Å²) in [6.07, 6.45) is 6.52. The summed E-state index contributed by atoms with van der Waals surface area (Å²) in [4.78, 5) is 31.9. The maximum atomic E-state index is 12.9. The van der Waals surface area contributed by atoms with Gasteiger partial charge in [-0.05, 0) is 51.6 Å². The second kappa shape index (κ2) is 6.93. The molecule has 1 unspecified atom stereocenters. The van der Waals surface area contributed by atoms with Crippen LogP contribution in [0.1, 0.15) is 48.2 Å². The Morgan fingerprint density at radius 1 is 1.19 bits per heavy atom. The zero-order valence-electron chi connectivity index (χ0n) is 16.8. The molecule has 1 atom stereocenters. The zero-order chi connectivity index (χ0) is 19.2. The number of likely N-dealkylation sites (tertiary alicyclic amines) is 3. The van der Waals surface area contributed by atoms with Crippen LogP contribution in [-0.2, 0) is 11.8 Å². The summed E-state index contributed by atoms with van der Waals surface area (Å²) in [5.74, 6) is 0.419. The van der Waals surface area contributed by atoms with E-state index in [1.165, 1.54) is 0 Å². The highest BCUT2D eigenvalue weighted by molar-refractivity contribution is 5.95. The largest absolute Gasteiger partial charge is 0.338 e. The van der Waals surface area contributed by atoms with E-state index in [4.69, 9.17) is 0 Å². The molecule has 0 saturated carbocycles. The number of carbonyl (C=O) groups is 2. The molecular weight excluding hydrogens is 342 g/mol. The van der Waals surface area contributed by atoms with Crippen molar-refractivity contribution in [1.82, 2.24) is 24.5 Å². The Balaban J connectivity index is 1.41. The monoisotopic (exact) mass is 373 g/mol. The second-order valence-corrected chi connectivity index (χ2v) is 8.82. The third-order valence-corrected chi connectivity index (χ3v) is 6.86. The van der Waals surface area contributed by atoms with Gasteiger partial charge >= 0.3 is 0 Å². The van der Waals surface area contributed by atoms with Crippen LogP contribution in [0.2, 0.25) is 0 Å². The summed E-state index contributed by atoms with van der Waals surface area (Å²) in [6, 6.07) is 0.373. The first-order chi connectivity index (χ1) is 12.9. The number of aryl methyl sites for hydroxylation is 2. The van der Waals surface area contributed by atoms with Gasteiger partial charge in [-0.25, -0.2) is 0 Å². The van der Waals surface area contributed by atoms with Gasteiger partial charge in [-0.2, -0.15) is 5.10 Å². The maximum Gasteiger partial charge on any atom is 0.257 e. The molecular formula is C20H31N5O2. The Morgan fingerprint density at radius 3 is 2.52 bits per heavy atom. The molecule has 1 aromatic heterocycles. The molecule has 2 amide bonds. The van der Waals surface area contributed by atoms with Crippen LogP contribution in [0.25, 0.3) is 0 Å². The normalized spacial score (nSPS) is 26.2. The Bertz CT molecular complexity index is 735. The van der Waals surface area contributed by atoms with Crippen LogP contribution in [0.5, 0.6) is 0 Å². The summed E-state index contributed by atoms with van der Waals surface area (Å²) >= 11 is 0. The number of piperidine rings is 2. The van der Waals surface area contributed by atoms with Crippen LogP contribution >= 0.6 is 0 Å². The molecule has 3 aliphatic rings. The van der Waals surface area contributed by atoms with Gasteiger partial charge in [0.2, 0.25) is 5.91 Å². The molecule has 3 saturated heterocycles. The molecule has 3 fully saturated rings. The van der Waals surface area contributed by atoms with Gasteiger partial charge in [0.1, 0.15) is 0 Å². The molecule has 0 aromatic carbocycles. The lowest BCUT2D eigenvalue weighted by atomic mass is 9.72.